The molecule has 10 nitrogen and oxygen atoms in total. The highest BCUT2D eigenvalue weighted by molar-refractivity contribution is 6.01. The van der Waals surface area contributed by atoms with E-state index in [2.05, 4.69) is 19.2 Å². The molecule has 0 saturated heterocycles. The molecular formula is C42H55N5O5. The second-order valence-electron chi connectivity index (χ2n) is 15.8. The van der Waals surface area contributed by atoms with Crippen LogP contribution in [0.4, 0.5) is 5.69 Å². The van der Waals surface area contributed by atoms with Gasteiger partial charge in [-0.15, -0.1) is 0 Å². The summed E-state index contributed by atoms with van der Waals surface area (Å²) in [5, 5.41) is 18.2. The van der Waals surface area contributed by atoms with Crippen LogP contribution in [0.3, 0.4) is 0 Å². The minimum atomic E-state index is -0.413. The van der Waals surface area contributed by atoms with Gasteiger partial charge in [0.1, 0.15) is 6.61 Å². The van der Waals surface area contributed by atoms with Crippen LogP contribution >= 0.6 is 0 Å². The smallest absolute Gasteiger partial charge is 0.274 e. The lowest BCUT2D eigenvalue weighted by atomic mass is 9.55. The molecule has 0 radical (unpaired) electrons. The van der Waals surface area contributed by atoms with Crippen LogP contribution in [0.15, 0.2) is 48.5 Å². The van der Waals surface area contributed by atoms with Crippen LogP contribution < -0.4 is 5.32 Å². The number of aliphatic hydroxyl groups is 1. The molecule has 2 N–H and O–H groups in total. The van der Waals surface area contributed by atoms with Gasteiger partial charge < -0.3 is 25.0 Å². The molecule has 278 valence electrons. The third-order valence-corrected chi connectivity index (χ3v) is 12.1. The molecule has 0 spiro atoms. The van der Waals surface area contributed by atoms with Gasteiger partial charge in [-0.3, -0.25) is 14.4 Å². The first-order valence-corrected chi connectivity index (χ1v) is 19.7. The van der Waals surface area contributed by atoms with Crippen molar-refractivity contribution in [2.45, 2.75) is 104 Å². The number of aryl methyl sites for hydroxylation is 1. The van der Waals surface area contributed by atoms with Crippen molar-refractivity contribution in [3.05, 3.63) is 76.6 Å². The Kier molecular flexibility index (Phi) is 11.1. The van der Waals surface area contributed by atoms with Gasteiger partial charge in [-0.05, 0) is 117 Å². The fourth-order valence-corrected chi connectivity index (χ4v) is 9.63. The predicted octanol–water partition coefficient (Wildman–Crippen LogP) is 6.56. The zero-order chi connectivity index (χ0) is 36.4. The van der Waals surface area contributed by atoms with Crippen molar-refractivity contribution >= 4 is 23.4 Å². The molecule has 4 aliphatic carbocycles. The molecular weight excluding hydrogens is 654 g/mol. The van der Waals surface area contributed by atoms with Crippen LogP contribution in [0.1, 0.15) is 109 Å². The largest absolute Gasteiger partial charge is 0.394 e. The molecule has 1 aliphatic heterocycles. The summed E-state index contributed by atoms with van der Waals surface area (Å²) in [6.45, 7) is 7.60. The van der Waals surface area contributed by atoms with Gasteiger partial charge in [0.15, 0.2) is 5.69 Å². The Morgan fingerprint density at radius 3 is 2.25 bits per heavy atom. The Labute approximate surface area is 307 Å². The number of hydrogen-bond donors (Lipinski definition) is 2. The van der Waals surface area contributed by atoms with Crippen LogP contribution in [-0.4, -0.2) is 80.9 Å². The maximum atomic E-state index is 14.6. The SMILES string of the molecule is CCCCN(CCCC)C(=O)c1cc(C)n(-c2ccc(NC(=O)COC3C4CC5CC(C4)CC3C5)cc2C(=O)N2Cc3ccccc3C[C@H]2CO)n1. The highest BCUT2D eigenvalue weighted by Gasteiger charge is 2.49. The van der Waals surface area contributed by atoms with Crippen molar-refractivity contribution in [1.82, 2.24) is 19.6 Å². The summed E-state index contributed by atoms with van der Waals surface area (Å²) in [7, 11) is 0. The molecule has 5 aliphatic rings. The van der Waals surface area contributed by atoms with Gasteiger partial charge in [-0.2, -0.15) is 5.10 Å². The standard InChI is InChI=1S/C42H55N5O5/c1-4-6-14-45(15-7-5-2)42(51)37-16-27(3)47(44-37)38-13-12-34(43-39(49)26-52-40-32-18-28-17-29(20-32)21-33(40)19-28)23-36(38)41(50)46-24-31-11-9-8-10-30(31)22-35(46)25-48/h8-13,16,23,28-29,32-33,35,40,48H,4-7,14-15,17-22,24-26H2,1-3H3,(H,43,49)/t28?,29?,32?,33?,35-,40?/m0/s1. The molecule has 8 rings (SSSR count). The molecule has 0 unspecified atom stereocenters. The highest BCUT2D eigenvalue weighted by Crippen LogP contribution is 2.54. The molecule has 4 fully saturated rings. The quantitative estimate of drug-likeness (QED) is 0.196. The second kappa shape index (κ2) is 15.9. The lowest BCUT2D eigenvalue weighted by molar-refractivity contribution is -0.142. The van der Waals surface area contributed by atoms with Crippen molar-refractivity contribution in [3.63, 3.8) is 0 Å². The molecule has 2 aromatic carbocycles. The van der Waals surface area contributed by atoms with E-state index < -0.39 is 6.04 Å². The maximum absolute atomic E-state index is 14.6. The van der Waals surface area contributed by atoms with Crippen molar-refractivity contribution in [2.75, 3.05) is 31.6 Å². The maximum Gasteiger partial charge on any atom is 0.274 e. The number of benzene rings is 2. The molecule has 10 heteroatoms. The van der Waals surface area contributed by atoms with E-state index in [4.69, 9.17) is 9.84 Å². The van der Waals surface area contributed by atoms with Gasteiger partial charge in [0.05, 0.1) is 30.0 Å². The van der Waals surface area contributed by atoms with E-state index in [1.807, 2.05) is 36.1 Å². The number of aliphatic hydroxyl groups excluding tert-OH is 1. The third-order valence-electron chi connectivity index (χ3n) is 12.1. The van der Waals surface area contributed by atoms with Crippen LogP contribution in [0.5, 0.6) is 0 Å². The summed E-state index contributed by atoms with van der Waals surface area (Å²) in [6.07, 6.45) is 10.7. The van der Waals surface area contributed by atoms with Crippen molar-refractivity contribution in [2.24, 2.45) is 23.7 Å². The molecule has 1 aromatic heterocycles. The molecule has 2 heterocycles. The fourth-order valence-electron chi connectivity index (χ4n) is 9.63. The number of hydrogen-bond acceptors (Lipinski definition) is 6. The Morgan fingerprint density at radius 2 is 1.60 bits per heavy atom. The number of carbonyl (C=O) groups is 3. The van der Waals surface area contributed by atoms with Gasteiger partial charge >= 0.3 is 0 Å². The number of carbonyl (C=O) groups excluding carboxylic acids is 3. The number of amides is 3. The Balaban J connectivity index is 1.16. The van der Waals surface area contributed by atoms with E-state index in [-0.39, 0.29) is 37.0 Å². The van der Waals surface area contributed by atoms with Gasteiger partial charge in [0.2, 0.25) is 5.91 Å². The molecule has 1 atom stereocenters. The van der Waals surface area contributed by atoms with Crippen LogP contribution in [0.25, 0.3) is 5.69 Å². The first-order chi connectivity index (χ1) is 25.3. The fraction of sp³-hybridized carbons (Fsp3) is 0.571. The monoisotopic (exact) mass is 709 g/mol. The molecule has 3 amide bonds. The first kappa shape index (κ1) is 36.3. The van der Waals surface area contributed by atoms with Gasteiger partial charge in [0, 0.05) is 31.0 Å². The van der Waals surface area contributed by atoms with E-state index >= 15 is 0 Å². The number of ether oxygens (including phenoxy) is 1. The number of nitrogens with one attached hydrogen (secondary N) is 1. The number of anilines is 1. The summed E-state index contributed by atoms with van der Waals surface area (Å²) >= 11 is 0. The molecule has 52 heavy (non-hydrogen) atoms. The van der Waals surface area contributed by atoms with Crippen LogP contribution in [0, 0.1) is 30.6 Å². The average molecular weight is 710 g/mol. The van der Waals surface area contributed by atoms with Gasteiger partial charge in [-0.25, -0.2) is 4.68 Å². The Hall–Kier alpha value is -4.02. The van der Waals surface area contributed by atoms with Crippen LogP contribution in [-0.2, 0) is 22.5 Å². The lowest BCUT2D eigenvalue weighted by Gasteiger charge is -2.53. The Morgan fingerprint density at radius 1 is 0.923 bits per heavy atom. The predicted molar refractivity (Wildman–Crippen MR) is 200 cm³/mol. The average Bonchev–Trinajstić information content (AvgIpc) is 3.54. The highest BCUT2D eigenvalue weighted by atomic mass is 16.5. The summed E-state index contributed by atoms with van der Waals surface area (Å²) in [5.74, 6) is 2.13. The summed E-state index contributed by atoms with van der Waals surface area (Å²) in [4.78, 5) is 45.3. The van der Waals surface area contributed by atoms with Crippen molar-refractivity contribution in [1.29, 1.82) is 0 Å². The van der Waals surface area contributed by atoms with E-state index in [0.29, 0.717) is 66.2 Å². The first-order valence-electron chi connectivity index (χ1n) is 19.7. The summed E-state index contributed by atoms with van der Waals surface area (Å²) < 4.78 is 7.98. The summed E-state index contributed by atoms with van der Waals surface area (Å²) in [5.41, 5.74) is 4.53. The number of aromatic nitrogens is 2. The lowest BCUT2D eigenvalue weighted by Crippen LogP contribution is -2.50. The number of unbranched alkanes of at least 4 members (excludes halogenated alkanes) is 2. The third kappa shape index (κ3) is 7.55. The zero-order valence-corrected chi connectivity index (χ0v) is 31.1. The molecule has 4 bridgehead atoms. The Bertz CT molecular complexity index is 1730. The van der Waals surface area contributed by atoms with Crippen molar-refractivity contribution < 1.29 is 24.2 Å². The molecule has 4 saturated carbocycles. The minimum absolute atomic E-state index is 0.0240. The number of nitrogens with zero attached hydrogens (tertiary/aromatic N) is 4. The van der Waals surface area contributed by atoms with Gasteiger partial charge in [-0.1, -0.05) is 51.0 Å². The van der Waals surface area contributed by atoms with E-state index in [0.717, 1.165) is 48.6 Å². The van der Waals surface area contributed by atoms with E-state index in [9.17, 15) is 19.5 Å². The topological polar surface area (TPSA) is 117 Å². The van der Waals surface area contributed by atoms with E-state index in [1.54, 1.807) is 33.8 Å². The second-order valence-corrected chi connectivity index (χ2v) is 15.8. The normalized spacial score (nSPS) is 24.5. The molecule has 3 aromatic rings. The number of rotatable bonds is 14. The zero-order valence-electron chi connectivity index (χ0n) is 31.1. The van der Waals surface area contributed by atoms with Crippen LogP contribution in [0.2, 0.25) is 0 Å². The summed E-state index contributed by atoms with van der Waals surface area (Å²) in [6, 6.07) is 14.6. The minimum Gasteiger partial charge on any atom is -0.394 e. The van der Waals surface area contributed by atoms with E-state index in [1.165, 1.54) is 32.1 Å². The van der Waals surface area contributed by atoms with Crippen molar-refractivity contribution in [3.8, 4) is 5.69 Å². The van der Waals surface area contributed by atoms with Gasteiger partial charge in [0.25, 0.3) is 11.8 Å². The number of fused-ring (bicyclic) bond motifs is 1.